The van der Waals surface area contributed by atoms with Crippen molar-refractivity contribution in [3.8, 4) is 0 Å². The molecule has 0 spiro atoms. The van der Waals surface area contributed by atoms with E-state index in [1.165, 1.54) is 6.20 Å². The lowest BCUT2D eigenvalue weighted by molar-refractivity contribution is 0.0865. The molecule has 1 aliphatic carbocycles. The van der Waals surface area contributed by atoms with E-state index in [0.29, 0.717) is 31.5 Å². The van der Waals surface area contributed by atoms with Crippen molar-refractivity contribution >= 4 is 11.7 Å². The fraction of sp³-hybridized carbons (Fsp3) is 0.538. The number of aromatic nitrogens is 4. The first-order valence-corrected chi connectivity index (χ1v) is 6.98. The Labute approximate surface area is 120 Å². The Morgan fingerprint density at radius 1 is 1.43 bits per heavy atom. The molecule has 2 aromatic heterocycles. The van der Waals surface area contributed by atoms with E-state index in [2.05, 4.69) is 20.4 Å². The molecule has 8 nitrogen and oxygen atoms in total. The molecule has 3 rings (SSSR count). The molecule has 1 saturated carbocycles. The van der Waals surface area contributed by atoms with Crippen molar-refractivity contribution in [2.75, 3.05) is 0 Å². The molecule has 0 unspecified atom stereocenters. The van der Waals surface area contributed by atoms with E-state index in [4.69, 9.17) is 0 Å². The number of H-pyrrole nitrogens is 1. The highest BCUT2D eigenvalue weighted by molar-refractivity contribution is 5.93. The van der Waals surface area contributed by atoms with Crippen molar-refractivity contribution < 1.29 is 9.90 Å². The van der Waals surface area contributed by atoms with E-state index in [-0.39, 0.29) is 23.5 Å². The molecule has 0 radical (unpaired) electrons. The van der Waals surface area contributed by atoms with E-state index in [1.54, 1.807) is 6.92 Å². The van der Waals surface area contributed by atoms with E-state index in [0.717, 1.165) is 4.52 Å². The zero-order valence-corrected chi connectivity index (χ0v) is 11.7. The molecule has 0 aliphatic heterocycles. The lowest BCUT2D eigenvalue weighted by Gasteiger charge is -2.25. The van der Waals surface area contributed by atoms with Gasteiger partial charge in [-0.25, -0.2) is 4.98 Å². The predicted molar refractivity (Wildman–Crippen MR) is 74.1 cm³/mol. The van der Waals surface area contributed by atoms with Crippen LogP contribution in [-0.4, -0.2) is 42.7 Å². The summed E-state index contributed by atoms with van der Waals surface area (Å²) in [6, 6.07) is -0.00972. The number of aliphatic hydroxyl groups is 1. The number of fused-ring (bicyclic) bond motifs is 1. The van der Waals surface area contributed by atoms with Gasteiger partial charge in [-0.2, -0.15) is 9.50 Å². The van der Waals surface area contributed by atoms with Crippen LogP contribution >= 0.6 is 0 Å². The standard InChI is InChI=1S/C13H17N5O3/c1-7-15-13-14-6-10(12(21)18(13)17-7)11(20)16-8-2-4-9(19)5-3-8/h6,8-9,19H,2-5H2,1H3,(H,16,20)(H,14,15,17). The number of nitrogens with one attached hydrogen (secondary N) is 2. The zero-order valence-electron chi connectivity index (χ0n) is 11.7. The summed E-state index contributed by atoms with van der Waals surface area (Å²) in [4.78, 5) is 32.5. The van der Waals surface area contributed by atoms with Gasteiger partial charge in [0.2, 0.25) is 0 Å². The van der Waals surface area contributed by atoms with Gasteiger partial charge in [0, 0.05) is 12.2 Å². The first-order chi connectivity index (χ1) is 10.0. The van der Waals surface area contributed by atoms with Gasteiger partial charge < -0.3 is 10.4 Å². The number of rotatable bonds is 2. The summed E-state index contributed by atoms with van der Waals surface area (Å²) in [6.45, 7) is 1.71. The van der Waals surface area contributed by atoms with Crippen LogP contribution < -0.4 is 10.9 Å². The van der Waals surface area contributed by atoms with Crippen LogP contribution in [0.5, 0.6) is 0 Å². The molecule has 3 N–H and O–H groups in total. The second kappa shape index (κ2) is 5.28. The Balaban J connectivity index is 1.81. The van der Waals surface area contributed by atoms with Gasteiger partial charge in [-0.05, 0) is 32.6 Å². The van der Waals surface area contributed by atoms with Gasteiger partial charge in [-0.1, -0.05) is 0 Å². The first-order valence-electron chi connectivity index (χ1n) is 6.98. The lowest BCUT2D eigenvalue weighted by Crippen LogP contribution is -2.41. The number of amides is 1. The molecule has 1 aliphatic rings. The largest absolute Gasteiger partial charge is 0.393 e. The molecule has 2 heterocycles. The van der Waals surface area contributed by atoms with Crippen molar-refractivity contribution in [3.63, 3.8) is 0 Å². The first kappa shape index (κ1) is 13.7. The number of aromatic amines is 1. The summed E-state index contributed by atoms with van der Waals surface area (Å²) < 4.78 is 1.16. The van der Waals surface area contributed by atoms with E-state index >= 15 is 0 Å². The van der Waals surface area contributed by atoms with Crippen molar-refractivity contribution in [1.82, 2.24) is 24.9 Å². The smallest absolute Gasteiger partial charge is 0.286 e. The van der Waals surface area contributed by atoms with E-state index in [9.17, 15) is 14.7 Å². The van der Waals surface area contributed by atoms with Crippen LogP contribution in [0.2, 0.25) is 0 Å². The minimum atomic E-state index is -0.464. The average Bonchev–Trinajstić information content (AvgIpc) is 2.83. The summed E-state index contributed by atoms with van der Waals surface area (Å²) in [5, 5.41) is 15.0. The minimum Gasteiger partial charge on any atom is -0.393 e. The Hall–Kier alpha value is -2.22. The molecular weight excluding hydrogens is 274 g/mol. The zero-order chi connectivity index (χ0) is 15.0. The highest BCUT2D eigenvalue weighted by Gasteiger charge is 2.23. The van der Waals surface area contributed by atoms with Gasteiger partial charge in [0.25, 0.3) is 17.2 Å². The van der Waals surface area contributed by atoms with Crippen LogP contribution in [0.25, 0.3) is 5.78 Å². The van der Waals surface area contributed by atoms with Gasteiger partial charge in [-0.15, -0.1) is 0 Å². The maximum absolute atomic E-state index is 12.2. The topological polar surface area (TPSA) is 112 Å². The molecule has 1 amide bonds. The second-order valence-corrected chi connectivity index (χ2v) is 5.40. The van der Waals surface area contributed by atoms with Crippen LogP contribution in [0, 0.1) is 6.92 Å². The molecule has 21 heavy (non-hydrogen) atoms. The Bertz CT molecular complexity index is 727. The highest BCUT2D eigenvalue weighted by atomic mass is 16.3. The van der Waals surface area contributed by atoms with Gasteiger partial charge in [0.05, 0.1) is 6.10 Å². The number of carbonyl (C=O) groups excluding carboxylic acids is 1. The van der Waals surface area contributed by atoms with Crippen LogP contribution in [0.15, 0.2) is 11.0 Å². The molecule has 0 bridgehead atoms. The van der Waals surface area contributed by atoms with Gasteiger partial charge in [-0.3, -0.25) is 14.7 Å². The van der Waals surface area contributed by atoms with Gasteiger partial charge >= 0.3 is 0 Å². The molecule has 1 fully saturated rings. The molecule has 2 aromatic rings. The van der Waals surface area contributed by atoms with Crippen molar-refractivity contribution in [2.24, 2.45) is 0 Å². The molecule has 0 atom stereocenters. The van der Waals surface area contributed by atoms with Crippen molar-refractivity contribution in [1.29, 1.82) is 0 Å². The molecule has 8 heteroatoms. The molecular formula is C13H17N5O3. The highest BCUT2D eigenvalue weighted by Crippen LogP contribution is 2.18. The van der Waals surface area contributed by atoms with Crippen molar-refractivity contribution in [3.05, 3.63) is 27.9 Å². The number of aliphatic hydroxyl groups excluding tert-OH is 1. The quantitative estimate of drug-likeness (QED) is 0.707. The van der Waals surface area contributed by atoms with Gasteiger partial charge in [0.15, 0.2) is 0 Å². The summed E-state index contributed by atoms with van der Waals surface area (Å²) in [6.07, 6.45) is 3.74. The van der Waals surface area contributed by atoms with Crippen molar-refractivity contribution in [2.45, 2.75) is 44.8 Å². The lowest BCUT2D eigenvalue weighted by atomic mass is 9.93. The fourth-order valence-corrected chi connectivity index (χ4v) is 2.60. The van der Waals surface area contributed by atoms with E-state index in [1.807, 2.05) is 0 Å². The van der Waals surface area contributed by atoms with Crippen LogP contribution in [0.1, 0.15) is 41.9 Å². The fourth-order valence-electron chi connectivity index (χ4n) is 2.60. The third-order valence-corrected chi connectivity index (χ3v) is 3.76. The van der Waals surface area contributed by atoms with Crippen LogP contribution in [0.4, 0.5) is 0 Å². The Morgan fingerprint density at radius 3 is 2.86 bits per heavy atom. The third-order valence-electron chi connectivity index (χ3n) is 3.76. The summed E-state index contributed by atoms with van der Waals surface area (Å²) in [5.74, 6) is 0.365. The summed E-state index contributed by atoms with van der Waals surface area (Å²) in [5.41, 5.74) is -0.476. The third kappa shape index (κ3) is 2.66. The Kier molecular flexibility index (Phi) is 3.46. The predicted octanol–water partition coefficient (Wildman–Crippen LogP) is -0.241. The average molecular weight is 291 g/mol. The minimum absolute atomic E-state index is 0.00972. The molecule has 0 aromatic carbocycles. The monoisotopic (exact) mass is 291 g/mol. The maximum Gasteiger partial charge on any atom is 0.286 e. The van der Waals surface area contributed by atoms with Gasteiger partial charge in [0.1, 0.15) is 11.4 Å². The number of hydrogen-bond donors (Lipinski definition) is 3. The summed E-state index contributed by atoms with van der Waals surface area (Å²) >= 11 is 0. The number of hydrogen-bond acceptors (Lipinski definition) is 5. The number of nitrogens with zero attached hydrogens (tertiary/aromatic N) is 3. The number of carbonyl (C=O) groups is 1. The SMILES string of the molecule is Cc1nc2ncc(C(=O)NC3CCC(O)CC3)c(=O)n2[nH]1. The second-order valence-electron chi connectivity index (χ2n) is 5.40. The number of aryl methyl sites for hydroxylation is 1. The maximum atomic E-state index is 12.2. The normalized spacial score (nSPS) is 22.4. The molecule has 0 saturated heterocycles. The van der Waals surface area contributed by atoms with E-state index < -0.39 is 11.5 Å². The summed E-state index contributed by atoms with van der Waals surface area (Å²) in [7, 11) is 0. The Morgan fingerprint density at radius 2 is 2.14 bits per heavy atom. The van der Waals surface area contributed by atoms with Crippen LogP contribution in [-0.2, 0) is 0 Å². The van der Waals surface area contributed by atoms with Crippen LogP contribution in [0.3, 0.4) is 0 Å². The molecule has 112 valence electrons.